The number of nitrogens with one attached hydrogen (secondary N) is 1. The molecular formula is C7H11Cl2N3S. The van der Waals surface area contributed by atoms with Crippen molar-refractivity contribution in [2.24, 2.45) is 0 Å². The van der Waals surface area contributed by atoms with Crippen LogP contribution in [0.25, 0.3) is 0 Å². The molecule has 3 nitrogen and oxygen atoms in total. The van der Waals surface area contributed by atoms with Crippen molar-refractivity contribution in [2.75, 3.05) is 17.1 Å². The summed E-state index contributed by atoms with van der Waals surface area (Å²) in [4.78, 5) is 0. The summed E-state index contributed by atoms with van der Waals surface area (Å²) < 4.78 is 0. The molecule has 0 amide bonds. The highest BCUT2D eigenvalue weighted by Gasteiger charge is 2.26. The Morgan fingerprint density at radius 3 is 2.62 bits per heavy atom. The fraction of sp³-hybridized carbons (Fsp3) is 0.714. The lowest BCUT2D eigenvalue weighted by molar-refractivity contribution is 0.559. The molecule has 1 N–H and O–H groups in total. The number of anilines is 1. The third kappa shape index (κ3) is 2.69. The Bertz CT molecular complexity index is 228. The van der Waals surface area contributed by atoms with Crippen LogP contribution in [0.3, 0.4) is 0 Å². The molecule has 0 aromatic carbocycles. The zero-order valence-corrected chi connectivity index (χ0v) is 9.59. The molecule has 0 aliphatic carbocycles. The quantitative estimate of drug-likeness (QED) is 0.804. The first-order valence-corrected chi connectivity index (χ1v) is 5.87. The van der Waals surface area contributed by atoms with Gasteiger partial charge in [-0.2, -0.15) is 0 Å². The van der Waals surface area contributed by atoms with E-state index in [2.05, 4.69) is 15.5 Å². The van der Waals surface area contributed by atoms with E-state index in [9.17, 15) is 0 Å². The Hall–Kier alpha value is -0.0600. The highest BCUT2D eigenvalue weighted by molar-refractivity contribution is 7.13. The summed E-state index contributed by atoms with van der Waals surface area (Å²) in [7, 11) is 0. The fourth-order valence-corrected chi connectivity index (χ4v) is 2.20. The van der Waals surface area contributed by atoms with Gasteiger partial charge < -0.3 is 5.32 Å². The van der Waals surface area contributed by atoms with Crippen molar-refractivity contribution in [1.29, 1.82) is 0 Å². The molecule has 1 heterocycles. The van der Waals surface area contributed by atoms with Crippen molar-refractivity contribution in [1.82, 2.24) is 10.2 Å². The maximum atomic E-state index is 5.85. The number of hydrogen-bond donors (Lipinski definition) is 1. The molecule has 0 fully saturated rings. The van der Waals surface area contributed by atoms with Gasteiger partial charge in [-0.25, -0.2) is 0 Å². The molecule has 1 aromatic heterocycles. The summed E-state index contributed by atoms with van der Waals surface area (Å²) in [6, 6.07) is 0. The minimum atomic E-state index is -0.261. The largest absolute Gasteiger partial charge is 0.352 e. The lowest BCUT2D eigenvalue weighted by Crippen LogP contribution is -2.41. The Labute approximate surface area is 91.5 Å². The van der Waals surface area contributed by atoms with Crippen LogP contribution in [0, 0.1) is 0 Å². The summed E-state index contributed by atoms with van der Waals surface area (Å²) in [5.41, 5.74) is 1.41. The molecule has 0 unspecified atom stereocenters. The third-order valence-corrected chi connectivity index (χ3v) is 3.55. The van der Waals surface area contributed by atoms with E-state index in [1.807, 2.05) is 6.92 Å². The van der Waals surface area contributed by atoms with E-state index in [4.69, 9.17) is 23.2 Å². The lowest BCUT2D eigenvalue weighted by atomic mass is 10.0. The van der Waals surface area contributed by atoms with Crippen LogP contribution in [0.1, 0.15) is 13.3 Å². The molecule has 0 saturated carbocycles. The molecule has 74 valence electrons. The van der Waals surface area contributed by atoms with Gasteiger partial charge in [0.25, 0.3) is 0 Å². The summed E-state index contributed by atoms with van der Waals surface area (Å²) in [5, 5.41) is 11.6. The SMILES string of the molecule is CCC(CCl)(CCl)Nc1nncs1. The van der Waals surface area contributed by atoms with E-state index < -0.39 is 0 Å². The third-order valence-electron chi connectivity index (χ3n) is 1.92. The zero-order chi connectivity index (χ0) is 9.73. The standard InChI is InChI=1S/C7H11Cl2N3S/c1-2-7(3-8,4-9)11-6-12-10-5-13-6/h5H,2-4H2,1H3,(H,11,12). The zero-order valence-electron chi connectivity index (χ0n) is 7.26. The molecular weight excluding hydrogens is 229 g/mol. The highest BCUT2D eigenvalue weighted by Crippen LogP contribution is 2.22. The molecule has 0 aliphatic rings. The van der Waals surface area contributed by atoms with Crippen LogP contribution in [0.4, 0.5) is 5.13 Å². The average molecular weight is 240 g/mol. The van der Waals surface area contributed by atoms with E-state index >= 15 is 0 Å². The average Bonchev–Trinajstić information content (AvgIpc) is 2.67. The number of aromatic nitrogens is 2. The van der Waals surface area contributed by atoms with Crippen molar-refractivity contribution in [3.63, 3.8) is 0 Å². The minimum absolute atomic E-state index is 0.261. The molecule has 0 aliphatic heterocycles. The van der Waals surface area contributed by atoms with Crippen molar-refractivity contribution in [2.45, 2.75) is 18.9 Å². The first-order valence-electron chi connectivity index (χ1n) is 3.92. The van der Waals surface area contributed by atoms with Crippen molar-refractivity contribution in [3.8, 4) is 0 Å². The lowest BCUT2D eigenvalue weighted by Gasteiger charge is -2.28. The first kappa shape index (κ1) is 11.0. The van der Waals surface area contributed by atoms with Crippen molar-refractivity contribution >= 4 is 39.7 Å². The molecule has 1 aromatic rings. The second-order valence-electron chi connectivity index (χ2n) is 2.77. The van der Waals surface area contributed by atoms with Gasteiger partial charge in [0, 0.05) is 11.8 Å². The van der Waals surface area contributed by atoms with E-state index in [1.54, 1.807) is 5.51 Å². The number of hydrogen-bond acceptors (Lipinski definition) is 4. The van der Waals surface area contributed by atoms with Gasteiger partial charge in [0.15, 0.2) is 0 Å². The van der Waals surface area contributed by atoms with Gasteiger partial charge in [0.1, 0.15) is 5.51 Å². The van der Waals surface area contributed by atoms with Gasteiger partial charge in [0.2, 0.25) is 5.13 Å². The van der Waals surface area contributed by atoms with E-state index in [-0.39, 0.29) is 5.54 Å². The topological polar surface area (TPSA) is 37.8 Å². The van der Waals surface area contributed by atoms with Crippen LogP contribution in [-0.4, -0.2) is 27.5 Å². The Kier molecular flexibility index (Phi) is 4.22. The molecule has 6 heteroatoms. The van der Waals surface area contributed by atoms with E-state index in [0.29, 0.717) is 11.8 Å². The molecule has 13 heavy (non-hydrogen) atoms. The minimum Gasteiger partial charge on any atom is -0.352 e. The van der Waals surface area contributed by atoms with Gasteiger partial charge in [-0.1, -0.05) is 18.3 Å². The fourth-order valence-electron chi connectivity index (χ4n) is 0.834. The first-order chi connectivity index (χ1) is 6.26. The summed E-state index contributed by atoms with van der Waals surface area (Å²) in [6.07, 6.45) is 0.861. The van der Waals surface area contributed by atoms with Crippen molar-refractivity contribution < 1.29 is 0 Å². The summed E-state index contributed by atoms with van der Waals surface area (Å²) >= 11 is 13.1. The monoisotopic (exact) mass is 239 g/mol. The Balaban J connectivity index is 2.67. The van der Waals surface area contributed by atoms with Gasteiger partial charge in [0.05, 0.1) is 5.54 Å². The molecule has 0 spiro atoms. The predicted molar refractivity (Wildman–Crippen MR) is 58.0 cm³/mol. The Morgan fingerprint density at radius 2 is 2.23 bits per heavy atom. The van der Waals surface area contributed by atoms with Crippen LogP contribution >= 0.6 is 34.5 Å². The second kappa shape index (κ2) is 4.98. The van der Waals surface area contributed by atoms with Crippen LogP contribution in [0.5, 0.6) is 0 Å². The molecule has 0 radical (unpaired) electrons. The summed E-state index contributed by atoms with van der Waals surface area (Å²) in [5.74, 6) is 0.930. The van der Waals surface area contributed by atoms with Crippen LogP contribution < -0.4 is 5.32 Å². The van der Waals surface area contributed by atoms with Crippen LogP contribution in [-0.2, 0) is 0 Å². The van der Waals surface area contributed by atoms with Crippen LogP contribution in [0.2, 0.25) is 0 Å². The molecule has 0 atom stereocenters. The van der Waals surface area contributed by atoms with Gasteiger partial charge >= 0.3 is 0 Å². The highest BCUT2D eigenvalue weighted by atomic mass is 35.5. The number of rotatable bonds is 5. The Morgan fingerprint density at radius 1 is 1.54 bits per heavy atom. The van der Waals surface area contributed by atoms with Crippen molar-refractivity contribution in [3.05, 3.63) is 5.51 Å². The van der Waals surface area contributed by atoms with Crippen LogP contribution in [0.15, 0.2) is 5.51 Å². The predicted octanol–water partition coefficient (Wildman–Crippen LogP) is 2.58. The second-order valence-corrected chi connectivity index (χ2v) is 4.14. The maximum Gasteiger partial charge on any atom is 0.205 e. The van der Waals surface area contributed by atoms with Gasteiger partial charge in [-0.05, 0) is 6.42 Å². The summed E-state index contributed by atoms with van der Waals surface area (Å²) in [6.45, 7) is 2.04. The maximum absolute atomic E-state index is 5.85. The smallest absolute Gasteiger partial charge is 0.205 e. The van der Waals surface area contributed by atoms with Gasteiger partial charge in [-0.15, -0.1) is 33.4 Å². The number of alkyl halides is 2. The molecule has 0 saturated heterocycles. The number of nitrogens with zero attached hydrogens (tertiary/aromatic N) is 2. The normalized spacial score (nSPS) is 11.6. The van der Waals surface area contributed by atoms with E-state index in [0.717, 1.165) is 11.6 Å². The number of halogens is 2. The van der Waals surface area contributed by atoms with Gasteiger partial charge in [-0.3, -0.25) is 0 Å². The molecule has 1 rings (SSSR count). The van der Waals surface area contributed by atoms with E-state index in [1.165, 1.54) is 11.3 Å². The molecule has 0 bridgehead atoms.